The highest BCUT2D eigenvalue weighted by Gasteiger charge is 2.32. The van der Waals surface area contributed by atoms with E-state index in [2.05, 4.69) is 26.0 Å². The van der Waals surface area contributed by atoms with Crippen LogP contribution in [0.25, 0.3) is 0 Å². The van der Waals surface area contributed by atoms with Gasteiger partial charge < -0.3 is 41.3 Å². The van der Waals surface area contributed by atoms with Crippen molar-refractivity contribution in [1.82, 2.24) is 16.0 Å². The van der Waals surface area contributed by atoms with E-state index in [1.165, 1.54) is 24.3 Å². The number of amides is 4. The van der Waals surface area contributed by atoms with Crippen molar-refractivity contribution >= 4 is 75.8 Å². The third-order valence-corrected chi connectivity index (χ3v) is 7.25. The summed E-state index contributed by atoms with van der Waals surface area (Å²) < 4.78 is 4.49. The first-order valence-electron chi connectivity index (χ1n) is 11.6. The van der Waals surface area contributed by atoms with Gasteiger partial charge in [0.1, 0.15) is 24.7 Å². The molecule has 0 aliphatic rings. The highest BCUT2D eigenvalue weighted by Crippen LogP contribution is 2.21. The van der Waals surface area contributed by atoms with Crippen LogP contribution >= 0.6 is 21.6 Å². The van der Waals surface area contributed by atoms with E-state index in [9.17, 15) is 53.7 Å². The van der Waals surface area contributed by atoms with Gasteiger partial charge in [0.15, 0.2) is 0 Å². The van der Waals surface area contributed by atoms with E-state index in [-0.39, 0.29) is 25.3 Å². The van der Waals surface area contributed by atoms with Crippen LogP contribution in [-0.4, -0.2) is 100 Å². The van der Waals surface area contributed by atoms with Crippen molar-refractivity contribution in [2.45, 2.75) is 37.4 Å². The van der Waals surface area contributed by atoms with Crippen LogP contribution in [0.1, 0.15) is 18.4 Å². The zero-order valence-electron chi connectivity index (χ0n) is 21.3. The fourth-order valence-corrected chi connectivity index (χ4v) is 5.00. The Kier molecular flexibility index (Phi) is 16.0. The van der Waals surface area contributed by atoms with Gasteiger partial charge in [0, 0.05) is 17.2 Å². The number of benzene rings is 1. The molecule has 0 spiro atoms. The normalized spacial score (nSPS) is 12.5. The molecule has 0 aliphatic heterocycles. The molecular weight excluding hydrogens is 588 g/mol. The molecule has 3 unspecified atom stereocenters. The van der Waals surface area contributed by atoms with E-state index >= 15 is 0 Å². The van der Waals surface area contributed by atoms with Crippen LogP contribution in [0.2, 0.25) is 0 Å². The number of nitrogens with one attached hydrogen (secondary N) is 4. The number of hydrogen-bond donors (Lipinski definition) is 7. The lowest BCUT2D eigenvalue weighted by molar-refractivity contribution is -0.144. The van der Waals surface area contributed by atoms with Crippen LogP contribution in [0.3, 0.4) is 0 Å². The molecule has 1 aromatic carbocycles. The zero-order chi connectivity index (χ0) is 30.8. The van der Waals surface area contributed by atoms with Crippen molar-refractivity contribution in [2.24, 2.45) is 0 Å². The van der Waals surface area contributed by atoms with Crippen LogP contribution < -0.4 is 21.3 Å². The SMILES string of the molecule is O=CNc1ccc(CC(=O)NC(CC(=O)O)C(=O)NC(CC(=O)O)C(=O)NC(CSSCCOC=O)C(=O)O)cc1. The van der Waals surface area contributed by atoms with E-state index in [1.807, 2.05) is 0 Å². The first-order valence-corrected chi connectivity index (χ1v) is 14.1. The predicted molar refractivity (Wildman–Crippen MR) is 145 cm³/mol. The van der Waals surface area contributed by atoms with Gasteiger partial charge in [-0.1, -0.05) is 33.7 Å². The Morgan fingerprint density at radius 3 is 1.88 bits per heavy atom. The summed E-state index contributed by atoms with van der Waals surface area (Å²) in [4.78, 5) is 92.9. The first-order chi connectivity index (χ1) is 19.5. The summed E-state index contributed by atoms with van der Waals surface area (Å²) in [6, 6.07) is 1.07. The van der Waals surface area contributed by atoms with Gasteiger partial charge in [-0.15, -0.1) is 0 Å². The first kappa shape index (κ1) is 34.7. The van der Waals surface area contributed by atoms with Gasteiger partial charge in [-0.2, -0.15) is 0 Å². The second kappa shape index (κ2) is 18.9. The van der Waals surface area contributed by atoms with Gasteiger partial charge in [-0.3, -0.25) is 33.6 Å². The van der Waals surface area contributed by atoms with Crippen molar-refractivity contribution in [1.29, 1.82) is 0 Å². The molecule has 0 radical (unpaired) electrons. The molecule has 0 aromatic heterocycles. The molecule has 41 heavy (non-hydrogen) atoms. The molecule has 7 N–H and O–H groups in total. The molecule has 4 amide bonds. The second-order valence-electron chi connectivity index (χ2n) is 7.99. The van der Waals surface area contributed by atoms with Gasteiger partial charge in [-0.25, -0.2) is 4.79 Å². The lowest BCUT2D eigenvalue weighted by Gasteiger charge is -2.23. The van der Waals surface area contributed by atoms with Crippen LogP contribution in [0.4, 0.5) is 5.69 Å². The van der Waals surface area contributed by atoms with Crippen LogP contribution in [0.15, 0.2) is 24.3 Å². The topological polar surface area (TPSA) is 255 Å². The Bertz CT molecular complexity index is 1100. The Morgan fingerprint density at radius 1 is 0.805 bits per heavy atom. The van der Waals surface area contributed by atoms with Crippen molar-refractivity contribution in [3.05, 3.63) is 29.8 Å². The third kappa shape index (κ3) is 14.6. The number of rotatable bonds is 21. The molecule has 3 atom stereocenters. The zero-order valence-corrected chi connectivity index (χ0v) is 22.9. The molecule has 16 nitrogen and oxygen atoms in total. The van der Waals surface area contributed by atoms with Crippen LogP contribution in [0, 0.1) is 0 Å². The second-order valence-corrected chi connectivity index (χ2v) is 10.6. The van der Waals surface area contributed by atoms with E-state index in [0.29, 0.717) is 23.4 Å². The summed E-state index contributed by atoms with van der Waals surface area (Å²) in [7, 11) is 2.19. The average Bonchev–Trinajstić information content (AvgIpc) is 2.89. The number of ether oxygens (including phenoxy) is 1. The lowest BCUT2D eigenvalue weighted by Crippen LogP contribution is -2.57. The van der Waals surface area contributed by atoms with Gasteiger partial charge in [-0.05, 0) is 17.7 Å². The number of carboxylic acids is 3. The smallest absolute Gasteiger partial charge is 0.327 e. The molecule has 0 saturated heterocycles. The van der Waals surface area contributed by atoms with E-state index < -0.39 is 66.6 Å². The fourth-order valence-electron chi connectivity index (χ4n) is 3.01. The predicted octanol–water partition coefficient (Wildman–Crippen LogP) is -1.16. The molecular formula is C23H28N4O12S2. The Hall–Kier alpha value is -4.32. The highest BCUT2D eigenvalue weighted by atomic mass is 33.1. The maximum absolute atomic E-state index is 12.8. The minimum absolute atomic E-state index is 0.0805. The quantitative estimate of drug-likeness (QED) is 0.0489. The molecule has 224 valence electrons. The number of hydrogen-bond acceptors (Lipinski definition) is 11. The van der Waals surface area contributed by atoms with Gasteiger partial charge in [0.2, 0.25) is 24.1 Å². The summed E-state index contributed by atoms with van der Waals surface area (Å²) in [5, 5.41) is 36.7. The highest BCUT2D eigenvalue weighted by molar-refractivity contribution is 8.76. The monoisotopic (exact) mass is 616 g/mol. The van der Waals surface area contributed by atoms with Crippen molar-refractivity contribution in [3.63, 3.8) is 0 Å². The molecule has 0 aliphatic carbocycles. The van der Waals surface area contributed by atoms with Crippen molar-refractivity contribution < 1.29 is 58.4 Å². The largest absolute Gasteiger partial charge is 0.481 e. The summed E-state index contributed by atoms with van der Waals surface area (Å²) in [5.41, 5.74) is 0.922. The summed E-state index contributed by atoms with van der Waals surface area (Å²) in [5.74, 6) is -7.38. The van der Waals surface area contributed by atoms with E-state index in [1.54, 1.807) is 0 Å². The molecule has 0 fully saturated rings. The number of carbonyl (C=O) groups is 8. The molecule has 0 heterocycles. The maximum Gasteiger partial charge on any atom is 0.327 e. The molecule has 0 saturated carbocycles. The van der Waals surface area contributed by atoms with Gasteiger partial charge in [0.25, 0.3) is 6.47 Å². The van der Waals surface area contributed by atoms with Crippen LogP contribution in [-0.2, 0) is 49.5 Å². The molecule has 1 rings (SSSR count). The lowest BCUT2D eigenvalue weighted by atomic mass is 10.1. The molecule has 18 heteroatoms. The third-order valence-electron chi connectivity index (χ3n) is 4.87. The summed E-state index contributed by atoms with van der Waals surface area (Å²) >= 11 is 0. The Labute approximate surface area is 240 Å². The minimum atomic E-state index is -1.80. The van der Waals surface area contributed by atoms with Gasteiger partial charge in [0.05, 0.1) is 19.3 Å². The van der Waals surface area contributed by atoms with Crippen molar-refractivity contribution in [2.75, 3.05) is 23.4 Å². The van der Waals surface area contributed by atoms with Crippen molar-refractivity contribution in [3.8, 4) is 0 Å². The standard InChI is InChI=1S/C23H28N4O12S2/c28-11-24-14-3-1-13(2-4-14)7-18(30)25-15(8-19(31)32)21(35)26-16(9-20(33)34)22(36)27-17(23(37)38)10-41-40-6-5-39-12-29/h1-4,11-12,15-17H,5-10H2,(H,24,28)(H,25,30)(H,26,35)(H,27,36)(H,31,32)(H,33,34)(H,37,38). The Morgan fingerprint density at radius 2 is 1.37 bits per heavy atom. The fraction of sp³-hybridized carbons (Fsp3) is 0.391. The number of anilines is 1. The summed E-state index contributed by atoms with van der Waals surface area (Å²) in [6.07, 6.45) is -1.68. The average molecular weight is 617 g/mol. The number of carboxylic acid groups (broad SMARTS) is 3. The van der Waals surface area contributed by atoms with Gasteiger partial charge >= 0.3 is 17.9 Å². The van der Waals surface area contributed by atoms with E-state index in [0.717, 1.165) is 21.6 Å². The summed E-state index contributed by atoms with van der Waals surface area (Å²) in [6.45, 7) is 0.334. The maximum atomic E-state index is 12.8. The minimum Gasteiger partial charge on any atom is -0.481 e. The molecule has 0 bridgehead atoms. The number of aliphatic carboxylic acids is 3. The van der Waals surface area contributed by atoms with E-state index in [4.69, 9.17) is 0 Å². The van der Waals surface area contributed by atoms with Crippen LogP contribution in [0.5, 0.6) is 0 Å². The number of carbonyl (C=O) groups excluding carboxylic acids is 5. The Balaban J connectivity index is 2.89. The molecule has 1 aromatic rings.